The number of nitrogens with zero attached hydrogens (tertiary/aromatic N) is 1. The van der Waals surface area contributed by atoms with E-state index in [1.54, 1.807) is 24.3 Å². The first-order chi connectivity index (χ1) is 21.8. The van der Waals surface area contributed by atoms with Gasteiger partial charge in [0.05, 0.1) is 12.0 Å². The zero-order valence-electron chi connectivity index (χ0n) is 25.0. The minimum absolute atomic E-state index is 0.264. The lowest BCUT2D eigenvalue weighted by Crippen LogP contribution is -2.49. The predicted molar refractivity (Wildman–Crippen MR) is 171 cm³/mol. The molecule has 3 heterocycles. The van der Waals surface area contributed by atoms with Crippen molar-refractivity contribution in [2.24, 2.45) is 5.92 Å². The van der Waals surface area contributed by atoms with Gasteiger partial charge in [-0.05, 0) is 65.1 Å². The fraction of sp³-hybridized carbons (Fsp3) is 0.211. The predicted octanol–water partition coefficient (Wildman–Crippen LogP) is 6.55. The number of esters is 1. The number of Topliss-reactive ketones (excluding diaryl/α,β-unsaturated/α-hetero) is 2. The van der Waals surface area contributed by atoms with E-state index in [0.29, 0.717) is 28.1 Å². The van der Waals surface area contributed by atoms with Gasteiger partial charge in [0, 0.05) is 29.9 Å². The molecule has 1 spiro atoms. The SMILES string of the molecule is CCCc1ccc(C(=O)[C@@H]2[C@@H](C(=O)c3ccc(OC(C)=O)cc3)N3C=Cc4ccccc4[C@@H]3[C@]23C(=O)Nc2ccccc23)cc1. The number of anilines is 1. The number of fused-ring (bicyclic) bond motifs is 6. The van der Waals surface area contributed by atoms with Crippen molar-refractivity contribution >= 4 is 35.2 Å². The average molecular weight is 597 g/mol. The standard InChI is InChI=1S/C38H32N2O5/c1-3-8-24-13-15-26(16-14-24)34(42)32-33(35(43)27-17-19-28(20-18-27)45-23(2)41)40-22-21-25-9-4-5-10-29(25)36(40)38(32)30-11-6-7-12-31(30)39-37(38)44/h4-7,9-22,32-33,36H,3,8H2,1-2H3,(H,39,44)/t32-,33-,36+,38+/m0/s1. The molecular weight excluding hydrogens is 564 g/mol. The summed E-state index contributed by atoms with van der Waals surface area (Å²) in [4.78, 5) is 57.7. The number of rotatable bonds is 7. The molecule has 7 rings (SSSR count). The van der Waals surface area contributed by atoms with Gasteiger partial charge < -0.3 is 15.0 Å². The van der Waals surface area contributed by atoms with E-state index in [0.717, 1.165) is 29.5 Å². The molecule has 45 heavy (non-hydrogen) atoms. The van der Waals surface area contributed by atoms with Crippen LogP contribution in [-0.4, -0.2) is 34.4 Å². The number of hydrogen-bond acceptors (Lipinski definition) is 6. The minimum Gasteiger partial charge on any atom is -0.427 e. The number of hydrogen-bond donors (Lipinski definition) is 1. The van der Waals surface area contributed by atoms with Gasteiger partial charge in [0.25, 0.3) is 0 Å². The first-order valence-corrected chi connectivity index (χ1v) is 15.3. The fourth-order valence-corrected chi connectivity index (χ4v) is 7.50. The Bertz CT molecular complexity index is 1880. The largest absolute Gasteiger partial charge is 0.427 e. The summed E-state index contributed by atoms with van der Waals surface area (Å²) in [6.45, 7) is 3.42. The Morgan fingerprint density at radius 2 is 1.51 bits per heavy atom. The van der Waals surface area contributed by atoms with Gasteiger partial charge in [0.1, 0.15) is 17.2 Å². The normalized spacial score (nSPS) is 22.4. The molecule has 4 aromatic rings. The van der Waals surface area contributed by atoms with Gasteiger partial charge >= 0.3 is 5.97 Å². The van der Waals surface area contributed by atoms with Crippen molar-refractivity contribution < 1.29 is 23.9 Å². The molecule has 1 fully saturated rings. The lowest BCUT2D eigenvalue weighted by Gasteiger charge is -2.38. The number of aryl methyl sites for hydroxylation is 1. The maximum absolute atomic E-state index is 15.0. The van der Waals surface area contributed by atoms with E-state index in [1.807, 2.05) is 90.0 Å². The van der Waals surface area contributed by atoms with Crippen molar-refractivity contribution in [2.75, 3.05) is 5.32 Å². The van der Waals surface area contributed by atoms with E-state index in [2.05, 4.69) is 12.2 Å². The highest BCUT2D eigenvalue weighted by molar-refractivity contribution is 6.16. The highest BCUT2D eigenvalue weighted by atomic mass is 16.5. The van der Waals surface area contributed by atoms with Crippen molar-refractivity contribution in [1.29, 1.82) is 0 Å². The molecule has 0 aliphatic carbocycles. The van der Waals surface area contributed by atoms with Crippen LogP contribution in [0.4, 0.5) is 5.69 Å². The van der Waals surface area contributed by atoms with Crippen LogP contribution in [-0.2, 0) is 21.4 Å². The number of ether oxygens (including phenoxy) is 1. The van der Waals surface area contributed by atoms with Crippen LogP contribution in [0.15, 0.2) is 103 Å². The molecule has 0 aromatic heterocycles. The van der Waals surface area contributed by atoms with Crippen LogP contribution >= 0.6 is 0 Å². The van der Waals surface area contributed by atoms with Crippen molar-refractivity contribution in [3.63, 3.8) is 0 Å². The van der Waals surface area contributed by atoms with Crippen molar-refractivity contribution in [2.45, 2.75) is 44.2 Å². The number of carbonyl (C=O) groups excluding carboxylic acids is 4. The summed E-state index contributed by atoms with van der Waals surface area (Å²) in [5.41, 5.74) is 3.69. The number of amides is 1. The quantitative estimate of drug-likeness (QED) is 0.148. The lowest BCUT2D eigenvalue weighted by atomic mass is 9.62. The summed E-state index contributed by atoms with van der Waals surface area (Å²) in [7, 11) is 0. The smallest absolute Gasteiger partial charge is 0.308 e. The zero-order chi connectivity index (χ0) is 31.3. The van der Waals surface area contributed by atoms with Gasteiger partial charge in [-0.2, -0.15) is 0 Å². The summed E-state index contributed by atoms with van der Waals surface area (Å²) in [6.07, 6.45) is 5.66. The molecule has 3 aliphatic rings. The third kappa shape index (κ3) is 4.41. The van der Waals surface area contributed by atoms with Gasteiger partial charge in [0.2, 0.25) is 5.91 Å². The van der Waals surface area contributed by atoms with Crippen LogP contribution in [0.5, 0.6) is 5.75 Å². The second kappa shape index (κ2) is 11.0. The molecule has 7 nitrogen and oxygen atoms in total. The van der Waals surface area contributed by atoms with Crippen molar-refractivity contribution in [3.8, 4) is 5.75 Å². The molecule has 0 unspecified atom stereocenters. The second-order valence-corrected chi connectivity index (χ2v) is 11.9. The number of carbonyl (C=O) groups is 4. The summed E-state index contributed by atoms with van der Waals surface area (Å²) >= 11 is 0. The molecule has 1 saturated heterocycles. The van der Waals surface area contributed by atoms with Crippen molar-refractivity contribution in [3.05, 3.63) is 137 Å². The lowest BCUT2D eigenvalue weighted by molar-refractivity contribution is -0.131. The minimum atomic E-state index is -1.39. The van der Waals surface area contributed by atoms with E-state index in [1.165, 1.54) is 6.92 Å². The Morgan fingerprint density at radius 1 is 0.844 bits per heavy atom. The van der Waals surface area contributed by atoms with E-state index in [9.17, 15) is 19.2 Å². The molecular formula is C38H32N2O5. The molecule has 0 saturated carbocycles. The van der Waals surface area contributed by atoms with Gasteiger partial charge in [-0.1, -0.05) is 80.1 Å². The molecule has 1 amide bonds. The van der Waals surface area contributed by atoms with E-state index < -0.39 is 29.4 Å². The Morgan fingerprint density at radius 3 is 2.24 bits per heavy atom. The van der Waals surface area contributed by atoms with Crippen LogP contribution in [0.2, 0.25) is 0 Å². The molecule has 4 aromatic carbocycles. The Labute approximate surface area is 261 Å². The van der Waals surface area contributed by atoms with Crippen LogP contribution in [0.3, 0.4) is 0 Å². The zero-order valence-corrected chi connectivity index (χ0v) is 25.0. The van der Waals surface area contributed by atoms with E-state index in [4.69, 9.17) is 4.74 Å². The van der Waals surface area contributed by atoms with Crippen LogP contribution in [0.1, 0.15) is 69.3 Å². The third-order valence-electron chi connectivity index (χ3n) is 9.30. The van der Waals surface area contributed by atoms with Crippen LogP contribution < -0.4 is 10.1 Å². The maximum Gasteiger partial charge on any atom is 0.308 e. The second-order valence-electron chi connectivity index (χ2n) is 11.9. The van der Waals surface area contributed by atoms with Gasteiger partial charge in [-0.15, -0.1) is 0 Å². The summed E-state index contributed by atoms with van der Waals surface area (Å²) in [5, 5.41) is 3.08. The first-order valence-electron chi connectivity index (χ1n) is 15.3. The van der Waals surface area contributed by atoms with E-state index >= 15 is 0 Å². The molecule has 3 aliphatic heterocycles. The van der Waals surface area contributed by atoms with E-state index in [-0.39, 0.29) is 17.5 Å². The molecule has 7 heteroatoms. The van der Waals surface area contributed by atoms with Crippen molar-refractivity contribution in [1.82, 2.24) is 4.90 Å². The number of ketones is 2. The highest BCUT2D eigenvalue weighted by Gasteiger charge is 2.70. The first kappa shape index (κ1) is 28.5. The number of benzene rings is 4. The summed E-state index contributed by atoms with van der Waals surface area (Å²) in [5.74, 6) is -2.07. The summed E-state index contributed by atoms with van der Waals surface area (Å²) in [6, 6.07) is 27.6. The molecule has 0 radical (unpaired) electrons. The topological polar surface area (TPSA) is 92.8 Å². The maximum atomic E-state index is 15.0. The molecule has 4 atom stereocenters. The van der Waals surface area contributed by atoms with Crippen LogP contribution in [0, 0.1) is 5.92 Å². The Balaban J connectivity index is 1.45. The molecule has 1 N–H and O–H groups in total. The molecule has 224 valence electrons. The number of para-hydroxylation sites is 1. The Hall–Kier alpha value is -5.30. The van der Waals surface area contributed by atoms with Gasteiger partial charge in [0.15, 0.2) is 11.6 Å². The van der Waals surface area contributed by atoms with Gasteiger partial charge in [-0.3, -0.25) is 19.2 Å². The summed E-state index contributed by atoms with van der Waals surface area (Å²) < 4.78 is 5.19. The average Bonchev–Trinajstić information content (AvgIpc) is 3.53. The Kier molecular flexibility index (Phi) is 6.96. The number of nitrogens with one attached hydrogen (secondary N) is 1. The third-order valence-corrected chi connectivity index (χ3v) is 9.30. The fourth-order valence-electron chi connectivity index (χ4n) is 7.50. The monoisotopic (exact) mass is 596 g/mol. The van der Waals surface area contributed by atoms with Gasteiger partial charge in [-0.25, -0.2) is 0 Å². The highest BCUT2D eigenvalue weighted by Crippen LogP contribution is 2.62. The van der Waals surface area contributed by atoms with Crippen LogP contribution in [0.25, 0.3) is 6.08 Å². The molecule has 0 bridgehead atoms.